The van der Waals surface area contributed by atoms with Gasteiger partial charge >= 0.3 is 0 Å². The van der Waals surface area contributed by atoms with Crippen LogP contribution in [0.3, 0.4) is 0 Å². The topological polar surface area (TPSA) is 150 Å². The smallest absolute Gasteiger partial charge is 0.225 e. The van der Waals surface area contributed by atoms with Crippen molar-refractivity contribution in [3.05, 3.63) is 53.7 Å². The first kappa shape index (κ1) is 28.5. The maximum absolute atomic E-state index is 13.4. The van der Waals surface area contributed by atoms with Gasteiger partial charge in [-0.3, -0.25) is 4.98 Å². The molecule has 3 heterocycles. The Kier molecular flexibility index (Phi) is 7.31. The summed E-state index contributed by atoms with van der Waals surface area (Å²) >= 11 is 1.53. The lowest BCUT2D eigenvalue weighted by atomic mass is 9.93. The van der Waals surface area contributed by atoms with E-state index in [2.05, 4.69) is 15.6 Å². The van der Waals surface area contributed by atoms with E-state index in [1.165, 1.54) is 23.5 Å². The Morgan fingerprint density at radius 2 is 1.77 bits per heavy atom. The van der Waals surface area contributed by atoms with Crippen molar-refractivity contribution < 1.29 is 23.0 Å². The summed E-state index contributed by atoms with van der Waals surface area (Å²) in [7, 11) is -3.82. The molecule has 0 aliphatic heterocycles. The molecule has 3 aliphatic rings. The summed E-state index contributed by atoms with van der Waals surface area (Å²) in [6, 6.07) is 6.20. The molecule has 0 saturated heterocycles. The van der Waals surface area contributed by atoms with E-state index < -0.39 is 39.8 Å². The fraction of sp³-hybridized carbons (Fsp3) is 0.467. The van der Waals surface area contributed by atoms with Crippen LogP contribution in [0.4, 0.5) is 16.2 Å². The number of thiazole rings is 1. The van der Waals surface area contributed by atoms with E-state index in [1.807, 2.05) is 19.2 Å². The van der Waals surface area contributed by atoms with Gasteiger partial charge < -0.3 is 20.8 Å². The summed E-state index contributed by atoms with van der Waals surface area (Å²) in [5.41, 5.74) is 3.30. The van der Waals surface area contributed by atoms with Gasteiger partial charge in [0.15, 0.2) is 9.84 Å². The summed E-state index contributed by atoms with van der Waals surface area (Å²) in [6.07, 6.45) is 4.94. The molecular formula is C30H33FN6O4S2. The summed E-state index contributed by atoms with van der Waals surface area (Å²) in [6.45, 7) is 1.90. The van der Waals surface area contributed by atoms with Crippen molar-refractivity contribution in [1.82, 2.24) is 19.9 Å². The highest BCUT2D eigenvalue weighted by Crippen LogP contribution is 2.45. The van der Waals surface area contributed by atoms with Crippen LogP contribution < -0.4 is 10.6 Å². The number of rotatable bonds is 9. The Labute approximate surface area is 252 Å². The zero-order chi connectivity index (χ0) is 29.9. The Morgan fingerprint density at radius 3 is 2.47 bits per heavy atom. The van der Waals surface area contributed by atoms with Crippen molar-refractivity contribution in [1.29, 1.82) is 0 Å². The highest BCUT2D eigenvalue weighted by molar-refractivity contribution is 7.91. The molecule has 13 heteroatoms. The molecular weight excluding hydrogens is 592 g/mol. The molecule has 3 fully saturated rings. The highest BCUT2D eigenvalue weighted by atomic mass is 32.2. The third-order valence-corrected chi connectivity index (χ3v) is 11.7. The second-order valence-electron chi connectivity index (χ2n) is 11.9. The second-order valence-corrected chi connectivity index (χ2v) is 15.0. The Bertz CT molecular complexity index is 1780. The van der Waals surface area contributed by atoms with Crippen LogP contribution in [0.15, 0.2) is 41.4 Å². The predicted molar refractivity (Wildman–Crippen MR) is 162 cm³/mol. The Balaban J connectivity index is 1.20. The molecule has 0 amide bonds. The number of aryl methyl sites for hydroxylation is 1. The van der Waals surface area contributed by atoms with E-state index in [-0.39, 0.29) is 17.1 Å². The summed E-state index contributed by atoms with van der Waals surface area (Å²) < 4.78 is 40.5. The van der Waals surface area contributed by atoms with Crippen molar-refractivity contribution in [3.8, 4) is 10.6 Å². The van der Waals surface area contributed by atoms with Crippen LogP contribution in [0, 0.1) is 18.7 Å². The standard InChI is InChI=1S/C30H33FN6O4S2/c1-15-23(29-36-25-22(42-29)11-12-32-24(25)16-5-6-16)28(37-30(33-15)34-19-3-2-4-19)35-21-13-17(26(38)27(21)39)14-43(40,41)20-9-7-18(31)8-10-20/h7-12,16-17,19,21,26-27,38-39H,2-6,13-14H2,1H3,(H2,33,34,35,37). The molecule has 1 aromatic carbocycles. The Morgan fingerprint density at radius 1 is 1.00 bits per heavy atom. The first-order valence-electron chi connectivity index (χ1n) is 14.7. The number of anilines is 2. The van der Waals surface area contributed by atoms with E-state index >= 15 is 0 Å². The number of nitrogens with one attached hydrogen (secondary N) is 2. The van der Waals surface area contributed by atoms with E-state index in [0.29, 0.717) is 35.0 Å². The molecule has 226 valence electrons. The van der Waals surface area contributed by atoms with E-state index in [0.717, 1.165) is 65.2 Å². The second kappa shape index (κ2) is 11.0. The number of halogens is 1. The summed E-state index contributed by atoms with van der Waals surface area (Å²) in [4.78, 5) is 19.2. The van der Waals surface area contributed by atoms with Crippen molar-refractivity contribution in [2.75, 3.05) is 16.4 Å². The fourth-order valence-corrected chi connectivity index (χ4v) is 8.71. The molecule has 0 bridgehead atoms. The number of hydrogen-bond donors (Lipinski definition) is 4. The van der Waals surface area contributed by atoms with Crippen molar-refractivity contribution in [2.24, 2.45) is 5.92 Å². The fourth-order valence-electron chi connectivity index (χ4n) is 6.00. The number of hydrogen-bond acceptors (Lipinski definition) is 11. The SMILES string of the molecule is Cc1nc(NC2CCC2)nc(NC2CC(CS(=O)(=O)c3ccc(F)cc3)C(O)C2O)c1-c1nc2c(C3CC3)nccc2s1. The zero-order valence-corrected chi connectivity index (χ0v) is 25.2. The number of aliphatic hydroxyl groups excluding tert-OH is 2. The summed E-state index contributed by atoms with van der Waals surface area (Å²) in [5, 5.41) is 29.5. The minimum Gasteiger partial charge on any atom is -0.390 e. The maximum Gasteiger partial charge on any atom is 0.225 e. The van der Waals surface area contributed by atoms with Crippen LogP contribution in [0.5, 0.6) is 0 Å². The number of aliphatic hydroxyl groups is 2. The molecule has 3 aromatic heterocycles. The average Bonchev–Trinajstić information content (AvgIpc) is 3.65. The lowest BCUT2D eigenvalue weighted by Gasteiger charge is -2.27. The average molecular weight is 625 g/mol. The predicted octanol–water partition coefficient (Wildman–Crippen LogP) is 4.43. The zero-order valence-electron chi connectivity index (χ0n) is 23.6. The lowest BCUT2D eigenvalue weighted by Crippen LogP contribution is -2.36. The Hall–Kier alpha value is -3.26. The van der Waals surface area contributed by atoms with Crippen LogP contribution in [-0.2, 0) is 9.84 Å². The van der Waals surface area contributed by atoms with Gasteiger partial charge in [-0.25, -0.2) is 22.8 Å². The van der Waals surface area contributed by atoms with E-state index in [9.17, 15) is 23.0 Å². The molecule has 4 aromatic rings. The van der Waals surface area contributed by atoms with Gasteiger partial charge in [0.05, 0.1) is 44.4 Å². The van der Waals surface area contributed by atoms with Gasteiger partial charge in [0.1, 0.15) is 28.3 Å². The normalized spacial score (nSPS) is 24.3. The molecule has 3 saturated carbocycles. The van der Waals surface area contributed by atoms with Crippen LogP contribution in [0.25, 0.3) is 20.8 Å². The number of benzene rings is 1. The first-order valence-corrected chi connectivity index (χ1v) is 17.1. The number of nitrogens with zero attached hydrogens (tertiary/aromatic N) is 4. The number of fused-ring (bicyclic) bond motifs is 1. The minimum atomic E-state index is -3.82. The minimum absolute atomic E-state index is 0.0247. The lowest BCUT2D eigenvalue weighted by molar-refractivity contribution is 0.0216. The molecule has 0 radical (unpaired) electrons. The molecule has 4 N–H and O–H groups in total. The van der Waals surface area contributed by atoms with E-state index in [1.54, 1.807) is 0 Å². The van der Waals surface area contributed by atoms with Crippen molar-refractivity contribution in [2.45, 2.75) is 80.6 Å². The van der Waals surface area contributed by atoms with Gasteiger partial charge in [-0.2, -0.15) is 4.98 Å². The van der Waals surface area contributed by atoms with E-state index in [4.69, 9.17) is 15.0 Å². The van der Waals surface area contributed by atoms with Gasteiger partial charge in [-0.05, 0) is 75.8 Å². The quantitative estimate of drug-likeness (QED) is 0.197. The van der Waals surface area contributed by atoms with Crippen molar-refractivity contribution in [3.63, 3.8) is 0 Å². The van der Waals surface area contributed by atoms with Gasteiger partial charge in [-0.1, -0.05) is 0 Å². The molecule has 3 aliphatic carbocycles. The molecule has 10 nitrogen and oxygen atoms in total. The largest absolute Gasteiger partial charge is 0.390 e. The van der Waals surface area contributed by atoms with Crippen LogP contribution in [-0.4, -0.2) is 68.6 Å². The molecule has 4 atom stereocenters. The number of aromatic nitrogens is 4. The molecule has 0 spiro atoms. The summed E-state index contributed by atoms with van der Waals surface area (Å²) in [5.74, 6) is -0.286. The van der Waals surface area contributed by atoms with Gasteiger partial charge in [0.2, 0.25) is 5.95 Å². The van der Waals surface area contributed by atoms with Gasteiger partial charge in [-0.15, -0.1) is 11.3 Å². The highest BCUT2D eigenvalue weighted by Gasteiger charge is 2.44. The van der Waals surface area contributed by atoms with Gasteiger partial charge in [0.25, 0.3) is 0 Å². The first-order chi connectivity index (χ1) is 20.7. The van der Waals surface area contributed by atoms with Crippen LogP contribution in [0.1, 0.15) is 55.8 Å². The third-order valence-electron chi connectivity index (χ3n) is 8.77. The van der Waals surface area contributed by atoms with Crippen LogP contribution >= 0.6 is 11.3 Å². The molecule has 7 rings (SSSR count). The van der Waals surface area contributed by atoms with Crippen LogP contribution in [0.2, 0.25) is 0 Å². The number of pyridine rings is 1. The van der Waals surface area contributed by atoms with Gasteiger partial charge in [0, 0.05) is 24.1 Å². The monoisotopic (exact) mass is 624 g/mol. The molecule has 43 heavy (non-hydrogen) atoms. The number of sulfone groups is 1. The molecule has 4 unspecified atom stereocenters. The van der Waals surface area contributed by atoms with Crippen molar-refractivity contribution >= 4 is 43.2 Å². The third kappa shape index (κ3) is 5.59. The maximum atomic E-state index is 13.4.